The topological polar surface area (TPSA) is 50.2 Å². The second-order valence-electron chi connectivity index (χ2n) is 6.34. The summed E-state index contributed by atoms with van der Waals surface area (Å²) < 4.78 is 1.61. The third kappa shape index (κ3) is 4.69. The molecule has 3 aromatic rings. The number of halogens is 2. The second kappa shape index (κ2) is 8.57. The van der Waals surface area contributed by atoms with E-state index in [4.69, 9.17) is 23.2 Å². The molecule has 27 heavy (non-hydrogen) atoms. The summed E-state index contributed by atoms with van der Waals surface area (Å²) in [5.41, 5.74) is 2.59. The van der Waals surface area contributed by atoms with Crippen LogP contribution in [0.15, 0.2) is 54.6 Å². The van der Waals surface area contributed by atoms with Crippen LogP contribution in [-0.4, -0.2) is 47.8 Å². The first kappa shape index (κ1) is 19.4. The van der Waals surface area contributed by atoms with E-state index in [1.54, 1.807) is 28.9 Å². The standard InChI is InChI=1S/C20H20Cl2N4O/c1-25(2)12-11-23-20(27)19-13-18(16-5-3-4-6-17(16)22)24-26(19)15-9-7-14(21)8-10-15/h3-10,13H,11-12H2,1-2H3,(H,23,27). The molecule has 0 fully saturated rings. The van der Waals surface area contributed by atoms with Crippen molar-refractivity contribution in [2.24, 2.45) is 0 Å². The third-order valence-corrected chi connectivity index (χ3v) is 4.59. The summed E-state index contributed by atoms with van der Waals surface area (Å²) in [7, 11) is 3.92. The first-order chi connectivity index (χ1) is 13.0. The van der Waals surface area contributed by atoms with Crippen LogP contribution in [0.25, 0.3) is 16.9 Å². The van der Waals surface area contributed by atoms with Gasteiger partial charge in [0.05, 0.1) is 16.4 Å². The highest BCUT2D eigenvalue weighted by molar-refractivity contribution is 6.33. The normalized spacial score (nSPS) is 11.0. The largest absolute Gasteiger partial charge is 0.349 e. The van der Waals surface area contributed by atoms with Crippen LogP contribution in [0.2, 0.25) is 10.0 Å². The molecule has 0 unspecified atom stereocenters. The number of nitrogens with zero attached hydrogens (tertiary/aromatic N) is 3. The number of benzene rings is 2. The molecule has 1 amide bonds. The maximum atomic E-state index is 12.8. The molecule has 0 aliphatic heterocycles. The second-order valence-corrected chi connectivity index (χ2v) is 7.19. The fourth-order valence-electron chi connectivity index (χ4n) is 2.61. The quantitative estimate of drug-likeness (QED) is 0.673. The van der Waals surface area contributed by atoms with Crippen molar-refractivity contribution in [1.82, 2.24) is 20.0 Å². The first-order valence-corrected chi connectivity index (χ1v) is 9.25. The Morgan fingerprint density at radius 1 is 1.11 bits per heavy atom. The number of hydrogen-bond donors (Lipinski definition) is 1. The number of likely N-dealkylation sites (N-methyl/N-ethyl adjacent to an activating group) is 1. The molecule has 0 aliphatic rings. The van der Waals surface area contributed by atoms with Crippen molar-refractivity contribution >= 4 is 29.1 Å². The van der Waals surface area contributed by atoms with Gasteiger partial charge in [0, 0.05) is 23.7 Å². The molecular formula is C20H20Cl2N4O. The minimum absolute atomic E-state index is 0.197. The summed E-state index contributed by atoms with van der Waals surface area (Å²) in [4.78, 5) is 14.8. The van der Waals surface area contributed by atoms with Gasteiger partial charge in [0.25, 0.3) is 5.91 Å². The van der Waals surface area contributed by atoms with Gasteiger partial charge in [0.1, 0.15) is 5.69 Å². The van der Waals surface area contributed by atoms with E-state index in [1.165, 1.54) is 0 Å². The molecule has 2 aromatic carbocycles. The minimum Gasteiger partial charge on any atom is -0.349 e. The average Bonchev–Trinajstić information content (AvgIpc) is 3.07. The monoisotopic (exact) mass is 402 g/mol. The molecule has 0 saturated carbocycles. The Kier molecular flexibility index (Phi) is 6.16. The first-order valence-electron chi connectivity index (χ1n) is 8.49. The van der Waals surface area contributed by atoms with E-state index < -0.39 is 0 Å². The molecule has 0 spiro atoms. The number of hydrogen-bond acceptors (Lipinski definition) is 3. The highest BCUT2D eigenvalue weighted by atomic mass is 35.5. The van der Waals surface area contributed by atoms with Crippen molar-refractivity contribution in [2.45, 2.75) is 0 Å². The van der Waals surface area contributed by atoms with Crippen molar-refractivity contribution in [3.8, 4) is 16.9 Å². The predicted octanol–water partition coefficient (Wildman–Crippen LogP) is 4.14. The summed E-state index contributed by atoms with van der Waals surface area (Å²) in [6, 6.07) is 16.4. The van der Waals surface area contributed by atoms with E-state index in [2.05, 4.69) is 10.4 Å². The van der Waals surface area contributed by atoms with Crippen molar-refractivity contribution in [3.63, 3.8) is 0 Å². The van der Waals surface area contributed by atoms with Gasteiger partial charge in [-0.05, 0) is 50.5 Å². The van der Waals surface area contributed by atoms with Crippen LogP contribution < -0.4 is 5.32 Å². The Labute approximate surface area is 168 Å². The molecule has 5 nitrogen and oxygen atoms in total. The van der Waals surface area contributed by atoms with Crippen molar-refractivity contribution < 1.29 is 4.79 Å². The van der Waals surface area contributed by atoms with Gasteiger partial charge in [-0.25, -0.2) is 4.68 Å². The van der Waals surface area contributed by atoms with Crippen molar-refractivity contribution in [1.29, 1.82) is 0 Å². The molecule has 3 rings (SSSR count). The summed E-state index contributed by atoms with van der Waals surface area (Å²) in [6.45, 7) is 1.29. The lowest BCUT2D eigenvalue weighted by Crippen LogP contribution is -2.32. The smallest absolute Gasteiger partial charge is 0.270 e. The van der Waals surface area contributed by atoms with E-state index >= 15 is 0 Å². The molecule has 0 bridgehead atoms. The number of carbonyl (C=O) groups is 1. The predicted molar refractivity (Wildman–Crippen MR) is 110 cm³/mol. The van der Waals surface area contributed by atoms with Crippen LogP contribution in [0.5, 0.6) is 0 Å². The summed E-state index contributed by atoms with van der Waals surface area (Å²) in [5, 5.41) is 8.76. The Morgan fingerprint density at radius 3 is 2.48 bits per heavy atom. The third-order valence-electron chi connectivity index (χ3n) is 4.01. The zero-order valence-electron chi connectivity index (χ0n) is 15.1. The average molecular weight is 403 g/mol. The van der Waals surface area contributed by atoms with Crippen LogP contribution in [-0.2, 0) is 0 Å². The number of nitrogens with one attached hydrogen (secondary N) is 1. The maximum Gasteiger partial charge on any atom is 0.270 e. The van der Waals surface area contributed by atoms with E-state index in [0.29, 0.717) is 28.0 Å². The molecule has 140 valence electrons. The number of amides is 1. The summed E-state index contributed by atoms with van der Waals surface area (Å²) in [5.74, 6) is -0.197. The zero-order chi connectivity index (χ0) is 19.4. The lowest BCUT2D eigenvalue weighted by atomic mass is 10.1. The van der Waals surface area contributed by atoms with Crippen LogP contribution in [0.4, 0.5) is 0 Å². The van der Waals surface area contributed by atoms with Crippen LogP contribution in [0.3, 0.4) is 0 Å². The molecule has 0 radical (unpaired) electrons. The molecule has 0 atom stereocenters. The maximum absolute atomic E-state index is 12.8. The molecule has 1 aromatic heterocycles. The highest BCUT2D eigenvalue weighted by Crippen LogP contribution is 2.28. The summed E-state index contributed by atoms with van der Waals surface area (Å²) in [6.07, 6.45) is 0. The van der Waals surface area contributed by atoms with E-state index in [1.807, 2.05) is 49.3 Å². The molecule has 0 saturated heterocycles. The van der Waals surface area contributed by atoms with Crippen LogP contribution >= 0.6 is 23.2 Å². The summed E-state index contributed by atoms with van der Waals surface area (Å²) >= 11 is 12.3. The van der Waals surface area contributed by atoms with Gasteiger partial charge in [-0.15, -0.1) is 0 Å². The van der Waals surface area contributed by atoms with Crippen LogP contribution in [0.1, 0.15) is 10.5 Å². The molecule has 1 N–H and O–H groups in total. The molecule has 1 heterocycles. The van der Waals surface area contributed by atoms with Crippen molar-refractivity contribution in [3.05, 3.63) is 70.3 Å². The van der Waals surface area contributed by atoms with E-state index in [-0.39, 0.29) is 5.91 Å². The molecular weight excluding hydrogens is 383 g/mol. The lowest BCUT2D eigenvalue weighted by Gasteiger charge is -2.11. The number of rotatable bonds is 6. The fraction of sp³-hybridized carbons (Fsp3) is 0.200. The van der Waals surface area contributed by atoms with Gasteiger partial charge in [0.2, 0.25) is 0 Å². The van der Waals surface area contributed by atoms with Crippen molar-refractivity contribution in [2.75, 3.05) is 27.2 Å². The SMILES string of the molecule is CN(C)CCNC(=O)c1cc(-c2ccccc2Cl)nn1-c1ccc(Cl)cc1. The Morgan fingerprint density at radius 2 is 1.81 bits per heavy atom. The van der Waals surface area contributed by atoms with Gasteiger partial charge in [0.15, 0.2) is 0 Å². The van der Waals surface area contributed by atoms with Gasteiger partial charge in [-0.3, -0.25) is 4.79 Å². The van der Waals surface area contributed by atoms with Gasteiger partial charge in [-0.1, -0.05) is 41.4 Å². The fourth-order valence-corrected chi connectivity index (χ4v) is 2.96. The minimum atomic E-state index is -0.197. The highest BCUT2D eigenvalue weighted by Gasteiger charge is 2.18. The number of aromatic nitrogens is 2. The van der Waals surface area contributed by atoms with Gasteiger partial charge < -0.3 is 10.2 Å². The van der Waals surface area contributed by atoms with Crippen LogP contribution in [0, 0.1) is 0 Å². The van der Waals surface area contributed by atoms with E-state index in [0.717, 1.165) is 17.8 Å². The Bertz CT molecular complexity index is 935. The Hall–Kier alpha value is -2.34. The van der Waals surface area contributed by atoms with E-state index in [9.17, 15) is 4.79 Å². The molecule has 7 heteroatoms. The van der Waals surface area contributed by atoms with Gasteiger partial charge >= 0.3 is 0 Å². The number of carbonyl (C=O) groups excluding carboxylic acids is 1. The van der Waals surface area contributed by atoms with Gasteiger partial charge in [-0.2, -0.15) is 5.10 Å². The molecule has 0 aliphatic carbocycles. The zero-order valence-corrected chi connectivity index (χ0v) is 16.6. The Balaban J connectivity index is 2.00. The lowest BCUT2D eigenvalue weighted by molar-refractivity contribution is 0.0943.